The minimum Gasteiger partial charge on any atom is -0.350 e. The fraction of sp³-hybridized carbons (Fsp3) is 0.167. The van der Waals surface area contributed by atoms with E-state index in [9.17, 15) is 9.59 Å². The summed E-state index contributed by atoms with van der Waals surface area (Å²) in [7, 11) is 0. The number of halogens is 1. The molecule has 0 bridgehead atoms. The van der Waals surface area contributed by atoms with Crippen molar-refractivity contribution in [2.24, 2.45) is 0 Å². The Bertz CT molecular complexity index is 972. The van der Waals surface area contributed by atoms with Crippen molar-refractivity contribution in [1.82, 2.24) is 25.5 Å². The van der Waals surface area contributed by atoms with E-state index in [0.717, 1.165) is 0 Å². The Labute approximate surface area is 160 Å². The van der Waals surface area contributed by atoms with E-state index in [-0.39, 0.29) is 17.9 Å². The molecule has 0 aliphatic heterocycles. The van der Waals surface area contributed by atoms with Crippen molar-refractivity contribution in [2.45, 2.75) is 19.9 Å². The molecule has 1 heterocycles. The maximum atomic E-state index is 12.7. The van der Waals surface area contributed by atoms with E-state index in [2.05, 4.69) is 26.2 Å². The van der Waals surface area contributed by atoms with Gasteiger partial charge in [0.25, 0.3) is 11.8 Å². The number of hydrogen-bond acceptors (Lipinski definition) is 5. The van der Waals surface area contributed by atoms with Gasteiger partial charge >= 0.3 is 0 Å². The lowest BCUT2D eigenvalue weighted by Crippen LogP contribution is -2.31. The molecular weight excluding hydrogens is 368 g/mol. The van der Waals surface area contributed by atoms with Crippen LogP contribution in [0.15, 0.2) is 48.8 Å². The number of aromatic nitrogens is 4. The second kappa shape index (κ2) is 7.96. The molecule has 8 nitrogen and oxygen atoms in total. The first-order valence-electron chi connectivity index (χ1n) is 8.19. The van der Waals surface area contributed by atoms with Crippen LogP contribution in [0.3, 0.4) is 0 Å². The molecule has 2 aromatic carbocycles. The summed E-state index contributed by atoms with van der Waals surface area (Å²) in [6.45, 7) is 3.72. The highest BCUT2D eigenvalue weighted by Crippen LogP contribution is 2.22. The lowest BCUT2D eigenvalue weighted by Gasteiger charge is -2.14. The molecule has 2 amide bonds. The molecule has 0 saturated heterocycles. The smallest absolute Gasteiger partial charge is 0.255 e. The number of rotatable bonds is 5. The van der Waals surface area contributed by atoms with Gasteiger partial charge in [-0.25, -0.2) is 4.68 Å². The third-order valence-electron chi connectivity index (χ3n) is 3.62. The Morgan fingerprint density at radius 3 is 2.63 bits per heavy atom. The first-order chi connectivity index (χ1) is 12.9. The minimum atomic E-state index is -0.384. The lowest BCUT2D eigenvalue weighted by molar-refractivity contribution is 0.0944. The number of nitrogens with one attached hydrogen (secondary N) is 2. The van der Waals surface area contributed by atoms with Gasteiger partial charge in [-0.3, -0.25) is 9.59 Å². The first kappa shape index (κ1) is 18.5. The van der Waals surface area contributed by atoms with Gasteiger partial charge in [-0.2, -0.15) is 0 Å². The predicted octanol–water partition coefficient (Wildman–Crippen LogP) is 2.71. The summed E-state index contributed by atoms with van der Waals surface area (Å²) in [5.41, 5.74) is 1.69. The number of carbonyl (C=O) groups is 2. The maximum Gasteiger partial charge on any atom is 0.255 e. The number of anilines is 1. The molecule has 3 rings (SSSR count). The van der Waals surface area contributed by atoms with Crippen molar-refractivity contribution in [1.29, 1.82) is 0 Å². The highest BCUT2D eigenvalue weighted by Gasteiger charge is 2.16. The van der Waals surface area contributed by atoms with Crippen LogP contribution >= 0.6 is 11.6 Å². The molecule has 2 N–H and O–H groups in total. The molecule has 27 heavy (non-hydrogen) atoms. The number of nitrogens with zero attached hydrogens (tertiary/aromatic N) is 4. The fourth-order valence-corrected chi connectivity index (χ4v) is 2.59. The highest BCUT2D eigenvalue weighted by atomic mass is 35.5. The van der Waals surface area contributed by atoms with E-state index in [1.165, 1.54) is 11.0 Å². The van der Waals surface area contributed by atoms with Gasteiger partial charge in [0.1, 0.15) is 6.33 Å². The number of benzene rings is 2. The summed E-state index contributed by atoms with van der Waals surface area (Å²) >= 11 is 6.04. The van der Waals surface area contributed by atoms with Crippen LogP contribution in [0.5, 0.6) is 0 Å². The second-order valence-electron chi connectivity index (χ2n) is 6.08. The summed E-state index contributed by atoms with van der Waals surface area (Å²) in [6, 6.07) is 11.5. The van der Waals surface area contributed by atoms with E-state index in [0.29, 0.717) is 27.5 Å². The molecule has 0 saturated carbocycles. The predicted molar refractivity (Wildman–Crippen MR) is 101 cm³/mol. The Kier molecular flexibility index (Phi) is 5.46. The van der Waals surface area contributed by atoms with E-state index >= 15 is 0 Å². The summed E-state index contributed by atoms with van der Waals surface area (Å²) in [5.74, 6) is -0.676. The van der Waals surface area contributed by atoms with Crippen molar-refractivity contribution in [2.75, 3.05) is 5.32 Å². The third kappa shape index (κ3) is 4.48. The van der Waals surface area contributed by atoms with Gasteiger partial charge in [0.2, 0.25) is 0 Å². The van der Waals surface area contributed by atoms with Crippen LogP contribution in [0.25, 0.3) is 5.69 Å². The van der Waals surface area contributed by atoms with Crippen molar-refractivity contribution < 1.29 is 9.59 Å². The molecular formula is C18H17ClN6O2. The van der Waals surface area contributed by atoms with Crippen molar-refractivity contribution in [3.8, 4) is 5.69 Å². The van der Waals surface area contributed by atoms with Gasteiger partial charge in [0, 0.05) is 16.6 Å². The van der Waals surface area contributed by atoms with Gasteiger partial charge in [0.05, 0.1) is 16.9 Å². The van der Waals surface area contributed by atoms with Crippen LogP contribution < -0.4 is 10.6 Å². The number of amides is 2. The van der Waals surface area contributed by atoms with E-state index in [1.54, 1.807) is 42.5 Å². The molecule has 0 unspecified atom stereocenters. The molecule has 9 heteroatoms. The van der Waals surface area contributed by atoms with Crippen LogP contribution in [-0.2, 0) is 0 Å². The Hall–Kier alpha value is -3.26. The van der Waals surface area contributed by atoms with Crippen LogP contribution in [0.2, 0.25) is 5.02 Å². The molecule has 3 aromatic rings. The van der Waals surface area contributed by atoms with Gasteiger partial charge in [-0.1, -0.05) is 17.7 Å². The standard InChI is InChI=1S/C18H17ClN6O2/c1-11(2)21-18(27)15-7-6-13(19)9-16(15)22-17(26)12-4-3-5-14(8-12)25-10-20-23-24-25/h3-11H,1-2H3,(H,21,27)(H,22,26). The van der Waals surface area contributed by atoms with Gasteiger partial charge in [0.15, 0.2) is 0 Å². The quantitative estimate of drug-likeness (QED) is 0.704. The zero-order valence-corrected chi connectivity index (χ0v) is 15.4. The third-order valence-corrected chi connectivity index (χ3v) is 3.85. The molecule has 0 fully saturated rings. The molecule has 138 valence electrons. The number of hydrogen-bond donors (Lipinski definition) is 2. The summed E-state index contributed by atoms with van der Waals surface area (Å²) < 4.78 is 1.44. The Balaban J connectivity index is 1.87. The van der Waals surface area contributed by atoms with Crippen molar-refractivity contribution >= 4 is 29.1 Å². The SMILES string of the molecule is CC(C)NC(=O)c1ccc(Cl)cc1NC(=O)c1cccc(-n2cnnn2)c1. The Morgan fingerprint density at radius 1 is 1.11 bits per heavy atom. The van der Waals surface area contributed by atoms with Crippen molar-refractivity contribution in [3.05, 3.63) is 64.9 Å². The summed E-state index contributed by atoms with van der Waals surface area (Å²) in [6.07, 6.45) is 1.43. The largest absolute Gasteiger partial charge is 0.350 e. The topological polar surface area (TPSA) is 102 Å². The van der Waals surface area contributed by atoms with Crippen LogP contribution in [0, 0.1) is 0 Å². The highest BCUT2D eigenvalue weighted by molar-refractivity contribution is 6.31. The molecule has 0 atom stereocenters. The normalized spacial score (nSPS) is 10.7. The lowest BCUT2D eigenvalue weighted by atomic mass is 10.1. The van der Waals surface area contributed by atoms with Gasteiger partial charge in [-0.05, 0) is 60.7 Å². The van der Waals surface area contributed by atoms with E-state index < -0.39 is 0 Å². The maximum absolute atomic E-state index is 12.7. The van der Waals surface area contributed by atoms with Crippen LogP contribution in [0.1, 0.15) is 34.6 Å². The zero-order valence-electron chi connectivity index (χ0n) is 14.7. The second-order valence-corrected chi connectivity index (χ2v) is 6.51. The van der Waals surface area contributed by atoms with Crippen LogP contribution in [-0.4, -0.2) is 38.1 Å². The zero-order chi connectivity index (χ0) is 19.4. The summed E-state index contributed by atoms with van der Waals surface area (Å²) in [5, 5.41) is 16.9. The van der Waals surface area contributed by atoms with E-state index in [4.69, 9.17) is 11.6 Å². The minimum absolute atomic E-state index is 0.0373. The monoisotopic (exact) mass is 384 g/mol. The van der Waals surface area contributed by atoms with E-state index in [1.807, 2.05) is 13.8 Å². The molecule has 0 spiro atoms. The molecule has 0 aliphatic rings. The Morgan fingerprint density at radius 2 is 1.93 bits per heavy atom. The molecule has 0 aliphatic carbocycles. The average molecular weight is 385 g/mol. The molecule has 0 radical (unpaired) electrons. The molecule has 1 aromatic heterocycles. The van der Waals surface area contributed by atoms with Gasteiger partial charge in [-0.15, -0.1) is 5.10 Å². The average Bonchev–Trinajstić information content (AvgIpc) is 3.16. The van der Waals surface area contributed by atoms with Crippen molar-refractivity contribution in [3.63, 3.8) is 0 Å². The van der Waals surface area contributed by atoms with Gasteiger partial charge < -0.3 is 10.6 Å². The van der Waals surface area contributed by atoms with Crippen LogP contribution in [0.4, 0.5) is 5.69 Å². The number of carbonyl (C=O) groups excluding carboxylic acids is 2. The number of tetrazole rings is 1. The first-order valence-corrected chi connectivity index (χ1v) is 8.57. The fourth-order valence-electron chi connectivity index (χ4n) is 2.42. The summed E-state index contributed by atoms with van der Waals surface area (Å²) in [4.78, 5) is 25.1.